The van der Waals surface area contributed by atoms with Crippen molar-refractivity contribution in [1.82, 2.24) is 14.6 Å². The van der Waals surface area contributed by atoms with Crippen molar-refractivity contribution in [2.24, 2.45) is 0 Å². The number of nitrogens with zero attached hydrogens (tertiary/aromatic N) is 2. The Hall–Kier alpha value is -2.00. The summed E-state index contributed by atoms with van der Waals surface area (Å²) in [5.74, 6) is -1.67. The molecule has 0 aliphatic carbocycles. The number of hydrogen-bond acceptors (Lipinski definition) is 5. The number of carboxylic acids is 1. The van der Waals surface area contributed by atoms with Crippen LogP contribution in [0, 0.1) is 0 Å². The number of sulfonamides is 1. The third kappa shape index (κ3) is 3.80. The molecule has 1 fully saturated rings. The van der Waals surface area contributed by atoms with E-state index in [4.69, 9.17) is 5.11 Å². The van der Waals surface area contributed by atoms with Gasteiger partial charge in [-0.3, -0.25) is 9.78 Å². The normalized spacial score (nSPS) is 19.0. The lowest BCUT2D eigenvalue weighted by Gasteiger charge is -2.22. The molecule has 9 heteroatoms. The second kappa shape index (κ2) is 6.41. The third-order valence-electron chi connectivity index (χ3n) is 3.49. The van der Waals surface area contributed by atoms with E-state index >= 15 is 0 Å². The van der Waals surface area contributed by atoms with Crippen LogP contribution in [0.25, 0.3) is 0 Å². The highest BCUT2D eigenvalue weighted by atomic mass is 32.2. The molecule has 0 bridgehead atoms. The molecule has 1 aromatic heterocycles. The monoisotopic (exact) mass is 327 g/mol. The van der Waals surface area contributed by atoms with E-state index in [9.17, 15) is 18.0 Å². The third-order valence-corrected chi connectivity index (χ3v) is 4.82. The van der Waals surface area contributed by atoms with Gasteiger partial charge in [-0.15, -0.1) is 0 Å². The molecule has 0 radical (unpaired) electrons. The lowest BCUT2D eigenvalue weighted by atomic mass is 10.2. The summed E-state index contributed by atoms with van der Waals surface area (Å²) in [6.45, 7) is 0.622. The van der Waals surface area contributed by atoms with Crippen LogP contribution in [0.3, 0.4) is 0 Å². The van der Waals surface area contributed by atoms with E-state index in [0.717, 1.165) is 12.7 Å². The molecule has 1 atom stereocenters. The molecular formula is C13H17N3O5S. The van der Waals surface area contributed by atoms with Crippen molar-refractivity contribution in [3.63, 3.8) is 0 Å². The first-order chi connectivity index (χ1) is 10.3. The van der Waals surface area contributed by atoms with Crippen LogP contribution in [0.4, 0.5) is 0 Å². The molecule has 0 saturated carbocycles. The van der Waals surface area contributed by atoms with Gasteiger partial charge in [0, 0.05) is 25.3 Å². The van der Waals surface area contributed by atoms with Gasteiger partial charge in [-0.05, 0) is 25.0 Å². The SMILES string of the molecule is CS(=O)(=O)N1CCC[C@@H]1CNC(=O)c1cc(C(=O)O)ccn1. The Bertz CT molecular complexity index is 689. The van der Waals surface area contributed by atoms with Crippen LogP contribution < -0.4 is 5.32 Å². The minimum Gasteiger partial charge on any atom is -0.478 e. The van der Waals surface area contributed by atoms with E-state index < -0.39 is 21.9 Å². The van der Waals surface area contributed by atoms with Gasteiger partial charge in [0.25, 0.3) is 5.91 Å². The van der Waals surface area contributed by atoms with Crippen LogP contribution >= 0.6 is 0 Å². The van der Waals surface area contributed by atoms with E-state index in [1.54, 1.807) is 0 Å². The lowest BCUT2D eigenvalue weighted by molar-refractivity contribution is 0.0696. The van der Waals surface area contributed by atoms with Gasteiger partial charge in [0.2, 0.25) is 10.0 Å². The van der Waals surface area contributed by atoms with Crippen molar-refractivity contribution < 1.29 is 23.1 Å². The van der Waals surface area contributed by atoms with E-state index in [1.807, 2.05) is 0 Å². The van der Waals surface area contributed by atoms with E-state index in [0.29, 0.717) is 13.0 Å². The van der Waals surface area contributed by atoms with Crippen LogP contribution in [0.2, 0.25) is 0 Å². The van der Waals surface area contributed by atoms with Crippen molar-refractivity contribution in [3.05, 3.63) is 29.6 Å². The summed E-state index contributed by atoms with van der Waals surface area (Å²) in [7, 11) is -3.29. The lowest BCUT2D eigenvalue weighted by Crippen LogP contribution is -2.42. The number of nitrogens with one attached hydrogen (secondary N) is 1. The van der Waals surface area contributed by atoms with Gasteiger partial charge in [0.1, 0.15) is 5.69 Å². The maximum Gasteiger partial charge on any atom is 0.335 e. The Labute approximate surface area is 128 Å². The second-order valence-electron chi connectivity index (χ2n) is 5.11. The molecule has 2 rings (SSSR count). The van der Waals surface area contributed by atoms with Gasteiger partial charge in [-0.1, -0.05) is 0 Å². The zero-order valence-corrected chi connectivity index (χ0v) is 12.8. The molecule has 0 aromatic carbocycles. The fourth-order valence-corrected chi connectivity index (χ4v) is 3.62. The largest absolute Gasteiger partial charge is 0.478 e. The fraction of sp³-hybridized carbons (Fsp3) is 0.462. The standard InChI is InChI=1S/C13H17N3O5S/c1-22(20,21)16-6-2-3-10(16)8-15-12(17)11-7-9(13(18)19)4-5-14-11/h4-5,7,10H,2-3,6,8H2,1H3,(H,15,17)(H,18,19)/t10-/m1/s1. The van der Waals surface area contributed by atoms with Gasteiger partial charge in [-0.2, -0.15) is 4.31 Å². The number of pyridine rings is 1. The first-order valence-corrected chi connectivity index (χ1v) is 8.58. The van der Waals surface area contributed by atoms with Crippen LogP contribution in [-0.2, 0) is 10.0 Å². The maximum atomic E-state index is 12.0. The zero-order chi connectivity index (χ0) is 16.3. The maximum absolute atomic E-state index is 12.0. The number of hydrogen-bond donors (Lipinski definition) is 2. The average Bonchev–Trinajstić information content (AvgIpc) is 2.93. The summed E-state index contributed by atoms with van der Waals surface area (Å²) in [5, 5.41) is 11.5. The van der Waals surface area contributed by atoms with Crippen LogP contribution in [-0.4, -0.2) is 60.1 Å². The second-order valence-corrected chi connectivity index (χ2v) is 7.05. The van der Waals surface area contributed by atoms with Crippen molar-refractivity contribution in [2.75, 3.05) is 19.3 Å². The van der Waals surface area contributed by atoms with Crippen molar-refractivity contribution in [1.29, 1.82) is 0 Å². The highest BCUT2D eigenvalue weighted by Gasteiger charge is 2.31. The van der Waals surface area contributed by atoms with E-state index in [-0.39, 0.29) is 23.8 Å². The number of rotatable bonds is 5. The van der Waals surface area contributed by atoms with Gasteiger partial charge in [-0.25, -0.2) is 13.2 Å². The number of carbonyl (C=O) groups is 2. The predicted octanol–water partition coefficient (Wildman–Crippen LogP) is -0.0664. The fourth-order valence-electron chi connectivity index (χ4n) is 2.44. The Morgan fingerprint density at radius 2 is 2.23 bits per heavy atom. The molecule has 1 aromatic rings. The predicted molar refractivity (Wildman–Crippen MR) is 78.1 cm³/mol. The van der Waals surface area contributed by atoms with E-state index in [1.165, 1.54) is 22.6 Å². The number of aromatic nitrogens is 1. The quantitative estimate of drug-likeness (QED) is 0.782. The summed E-state index contributed by atoms with van der Waals surface area (Å²) in [5.41, 5.74) is -0.0393. The molecule has 2 heterocycles. The minimum atomic E-state index is -3.29. The Kier molecular flexibility index (Phi) is 4.77. The van der Waals surface area contributed by atoms with Crippen molar-refractivity contribution in [2.45, 2.75) is 18.9 Å². The Morgan fingerprint density at radius 1 is 1.50 bits per heavy atom. The van der Waals surface area contributed by atoms with Crippen LogP contribution in [0.5, 0.6) is 0 Å². The molecule has 1 amide bonds. The van der Waals surface area contributed by atoms with Crippen LogP contribution in [0.1, 0.15) is 33.7 Å². The summed E-state index contributed by atoms with van der Waals surface area (Å²) < 4.78 is 24.6. The van der Waals surface area contributed by atoms with E-state index in [2.05, 4.69) is 10.3 Å². The molecule has 1 aliphatic heterocycles. The summed E-state index contributed by atoms with van der Waals surface area (Å²) in [4.78, 5) is 26.7. The number of amides is 1. The minimum absolute atomic E-state index is 0.0104. The smallest absolute Gasteiger partial charge is 0.335 e. The molecule has 0 unspecified atom stereocenters. The summed E-state index contributed by atoms with van der Waals surface area (Å²) >= 11 is 0. The van der Waals surface area contributed by atoms with Crippen molar-refractivity contribution in [3.8, 4) is 0 Å². The molecule has 120 valence electrons. The Morgan fingerprint density at radius 3 is 2.86 bits per heavy atom. The Balaban J connectivity index is 2.01. The molecular weight excluding hydrogens is 310 g/mol. The molecule has 1 aliphatic rings. The topological polar surface area (TPSA) is 117 Å². The molecule has 2 N–H and O–H groups in total. The summed E-state index contributed by atoms with van der Waals surface area (Å²) in [6.07, 6.45) is 3.82. The number of carbonyl (C=O) groups excluding carboxylic acids is 1. The highest BCUT2D eigenvalue weighted by Crippen LogP contribution is 2.19. The number of carboxylic acid groups (broad SMARTS) is 1. The zero-order valence-electron chi connectivity index (χ0n) is 12.0. The first kappa shape index (κ1) is 16.4. The van der Waals surface area contributed by atoms with Gasteiger partial charge in [0.15, 0.2) is 0 Å². The van der Waals surface area contributed by atoms with Crippen LogP contribution in [0.15, 0.2) is 18.3 Å². The first-order valence-electron chi connectivity index (χ1n) is 6.73. The highest BCUT2D eigenvalue weighted by molar-refractivity contribution is 7.88. The summed E-state index contributed by atoms with van der Waals surface area (Å²) in [6, 6.07) is 2.20. The van der Waals surface area contributed by atoms with Gasteiger partial charge in [0.05, 0.1) is 11.8 Å². The molecule has 0 spiro atoms. The number of aromatic carboxylic acids is 1. The van der Waals surface area contributed by atoms with Crippen molar-refractivity contribution >= 4 is 21.9 Å². The van der Waals surface area contributed by atoms with Gasteiger partial charge < -0.3 is 10.4 Å². The molecule has 8 nitrogen and oxygen atoms in total. The average molecular weight is 327 g/mol. The van der Waals surface area contributed by atoms with Gasteiger partial charge >= 0.3 is 5.97 Å². The molecule has 1 saturated heterocycles. The molecule has 22 heavy (non-hydrogen) atoms.